The summed E-state index contributed by atoms with van der Waals surface area (Å²) in [5.74, 6) is 0. The lowest BCUT2D eigenvalue weighted by Crippen LogP contribution is -2.45. The Labute approximate surface area is 82.7 Å². The minimum Gasteiger partial charge on any atom is -0.396 e. The fourth-order valence-corrected chi connectivity index (χ4v) is 0.870. The molecule has 1 unspecified atom stereocenters. The molecule has 2 N–H and O–H groups in total. The minimum atomic E-state index is 0.0342. The van der Waals surface area contributed by atoms with Crippen LogP contribution in [0.3, 0.4) is 0 Å². The Bertz CT molecular complexity index is 139. The summed E-state index contributed by atoms with van der Waals surface area (Å²) in [7, 11) is 0. The first-order chi connectivity index (χ1) is 5.89. The van der Waals surface area contributed by atoms with Gasteiger partial charge in [0.1, 0.15) is 0 Å². The lowest BCUT2D eigenvalue weighted by atomic mass is 9.87. The fourth-order valence-electron chi connectivity index (χ4n) is 0.870. The van der Waals surface area contributed by atoms with Crippen molar-refractivity contribution in [2.24, 2.45) is 5.41 Å². The number of nitrogens with one attached hydrogen (secondary N) is 1. The average Bonchev–Trinajstić information content (AvgIpc) is 2.14. The summed E-state index contributed by atoms with van der Waals surface area (Å²) in [6, 6.07) is 0. The van der Waals surface area contributed by atoms with Crippen molar-refractivity contribution < 1.29 is 5.11 Å². The van der Waals surface area contributed by atoms with Gasteiger partial charge in [-0.3, -0.25) is 0 Å². The zero-order valence-electron chi connectivity index (χ0n) is 9.78. The van der Waals surface area contributed by atoms with E-state index >= 15 is 0 Å². The molecule has 1 atom stereocenters. The van der Waals surface area contributed by atoms with Crippen molar-refractivity contribution in [3.8, 4) is 0 Å². The predicted molar refractivity (Wildman–Crippen MR) is 57.9 cm³/mol. The highest BCUT2D eigenvalue weighted by molar-refractivity contribution is 4.81. The van der Waals surface area contributed by atoms with E-state index in [9.17, 15) is 5.11 Å². The van der Waals surface area contributed by atoms with Crippen LogP contribution in [0.2, 0.25) is 0 Å². The first kappa shape index (κ1) is 12.9. The summed E-state index contributed by atoms with van der Waals surface area (Å²) < 4.78 is 0. The van der Waals surface area contributed by atoms with Crippen LogP contribution in [0.4, 0.5) is 0 Å². The zero-order valence-corrected chi connectivity index (χ0v) is 9.78. The van der Waals surface area contributed by atoms with Crippen molar-refractivity contribution in [2.45, 2.75) is 53.0 Å². The Balaban J connectivity index is 3.99. The van der Waals surface area contributed by atoms with E-state index < -0.39 is 0 Å². The maximum Gasteiger partial charge on any atom is 0.0496 e. The van der Waals surface area contributed by atoms with Crippen LogP contribution in [0.1, 0.15) is 47.5 Å². The monoisotopic (exact) mass is 187 g/mol. The first-order valence-electron chi connectivity index (χ1n) is 5.25. The Kier molecular flexibility index (Phi) is 4.93. The fraction of sp³-hybridized carbons (Fsp3) is 1.00. The van der Waals surface area contributed by atoms with Gasteiger partial charge in [0.25, 0.3) is 0 Å². The molecule has 0 radical (unpaired) electrons. The largest absolute Gasteiger partial charge is 0.396 e. The van der Waals surface area contributed by atoms with Gasteiger partial charge in [0.15, 0.2) is 0 Å². The highest BCUT2D eigenvalue weighted by Crippen LogP contribution is 2.20. The second-order valence-corrected chi connectivity index (χ2v) is 4.91. The zero-order chi connectivity index (χ0) is 10.5. The van der Waals surface area contributed by atoms with Gasteiger partial charge in [0, 0.05) is 24.1 Å². The number of aliphatic hydroxyl groups is 1. The van der Waals surface area contributed by atoms with Crippen LogP contribution in [-0.2, 0) is 0 Å². The van der Waals surface area contributed by atoms with E-state index in [1.165, 1.54) is 0 Å². The van der Waals surface area contributed by atoms with E-state index in [0.29, 0.717) is 0 Å². The second kappa shape index (κ2) is 4.97. The third-order valence-electron chi connectivity index (χ3n) is 3.11. The van der Waals surface area contributed by atoms with E-state index in [2.05, 4.69) is 39.9 Å². The minimum absolute atomic E-state index is 0.0342. The van der Waals surface area contributed by atoms with Gasteiger partial charge in [-0.2, -0.15) is 0 Å². The Hall–Kier alpha value is -0.0800. The standard InChI is InChI=1S/C11H25NO/c1-6-10(3,4)12-8-11(5,7-2)9-13/h12-13H,6-9H2,1-5H3. The summed E-state index contributed by atoms with van der Waals surface area (Å²) in [5.41, 5.74) is 0.220. The van der Waals surface area contributed by atoms with E-state index in [-0.39, 0.29) is 17.6 Å². The van der Waals surface area contributed by atoms with Crippen molar-refractivity contribution >= 4 is 0 Å². The molecule has 0 amide bonds. The van der Waals surface area contributed by atoms with E-state index in [1.54, 1.807) is 0 Å². The van der Waals surface area contributed by atoms with Crippen LogP contribution in [-0.4, -0.2) is 23.8 Å². The summed E-state index contributed by atoms with van der Waals surface area (Å²) in [5, 5.41) is 12.7. The summed E-state index contributed by atoms with van der Waals surface area (Å²) in [6.07, 6.45) is 2.12. The molecule has 0 saturated heterocycles. The third kappa shape index (κ3) is 4.63. The Morgan fingerprint density at radius 1 is 1.08 bits per heavy atom. The van der Waals surface area contributed by atoms with Crippen LogP contribution in [0.5, 0.6) is 0 Å². The molecular weight excluding hydrogens is 162 g/mol. The van der Waals surface area contributed by atoms with Gasteiger partial charge in [0.2, 0.25) is 0 Å². The van der Waals surface area contributed by atoms with Crippen molar-refractivity contribution in [3.63, 3.8) is 0 Å². The molecule has 0 aliphatic heterocycles. The van der Waals surface area contributed by atoms with Crippen LogP contribution in [0.25, 0.3) is 0 Å². The van der Waals surface area contributed by atoms with E-state index in [0.717, 1.165) is 19.4 Å². The maximum atomic E-state index is 9.21. The Morgan fingerprint density at radius 2 is 1.62 bits per heavy atom. The van der Waals surface area contributed by atoms with Gasteiger partial charge in [0.05, 0.1) is 0 Å². The van der Waals surface area contributed by atoms with Gasteiger partial charge >= 0.3 is 0 Å². The predicted octanol–water partition coefficient (Wildman–Crippen LogP) is 2.17. The van der Waals surface area contributed by atoms with Crippen LogP contribution < -0.4 is 5.32 Å². The number of rotatable bonds is 6. The maximum absolute atomic E-state index is 9.21. The molecule has 0 aliphatic rings. The van der Waals surface area contributed by atoms with Crippen molar-refractivity contribution in [1.82, 2.24) is 5.32 Å². The molecule has 0 spiro atoms. The molecule has 0 aromatic heterocycles. The highest BCUT2D eigenvalue weighted by atomic mass is 16.3. The van der Waals surface area contributed by atoms with Crippen molar-refractivity contribution in [3.05, 3.63) is 0 Å². The molecule has 2 nitrogen and oxygen atoms in total. The average molecular weight is 187 g/mol. The normalized spacial score (nSPS) is 17.1. The van der Waals surface area contributed by atoms with Crippen LogP contribution >= 0.6 is 0 Å². The third-order valence-corrected chi connectivity index (χ3v) is 3.11. The molecule has 0 bridgehead atoms. The van der Waals surface area contributed by atoms with Crippen LogP contribution in [0.15, 0.2) is 0 Å². The SMILES string of the molecule is CCC(C)(CO)CNC(C)(C)CC. The first-order valence-corrected chi connectivity index (χ1v) is 5.25. The van der Waals surface area contributed by atoms with Crippen LogP contribution in [0, 0.1) is 5.41 Å². The second-order valence-electron chi connectivity index (χ2n) is 4.91. The number of hydrogen-bond donors (Lipinski definition) is 2. The number of hydrogen-bond acceptors (Lipinski definition) is 2. The molecular formula is C11H25NO. The molecule has 0 aromatic rings. The van der Waals surface area contributed by atoms with Gasteiger partial charge in [-0.05, 0) is 26.7 Å². The lowest BCUT2D eigenvalue weighted by molar-refractivity contribution is 0.125. The molecule has 13 heavy (non-hydrogen) atoms. The van der Waals surface area contributed by atoms with Gasteiger partial charge in [-0.15, -0.1) is 0 Å². The smallest absolute Gasteiger partial charge is 0.0496 e. The molecule has 0 aliphatic carbocycles. The lowest BCUT2D eigenvalue weighted by Gasteiger charge is -2.32. The highest BCUT2D eigenvalue weighted by Gasteiger charge is 2.24. The molecule has 0 aromatic carbocycles. The summed E-state index contributed by atoms with van der Waals surface area (Å²) in [4.78, 5) is 0. The van der Waals surface area contributed by atoms with Gasteiger partial charge < -0.3 is 10.4 Å². The van der Waals surface area contributed by atoms with Gasteiger partial charge in [-0.25, -0.2) is 0 Å². The van der Waals surface area contributed by atoms with Crippen molar-refractivity contribution in [1.29, 1.82) is 0 Å². The quantitative estimate of drug-likeness (QED) is 0.668. The summed E-state index contributed by atoms with van der Waals surface area (Å²) in [6.45, 7) is 12.0. The molecule has 2 heteroatoms. The number of aliphatic hydroxyl groups excluding tert-OH is 1. The molecule has 0 rings (SSSR count). The van der Waals surface area contributed by atoms with Gasteiger partial charge in [-0.1, -0.05) is 20.8 Å². The van der Waals surface area contributed by atoms with E-state index in [1.807, 2.05) is 0 Å². The molecule has 0 saturated carbocycles. The van der Waals surface area contributed by atoms with Crippen molar-refractivity contribution in [2.75, 3.05) is 13.2 Å². The molecule has 0 heterocycles. The summed E-state index contributed by atoms with van der Waals surface area (Å²) >= 11 is 0. The Morgan fingerprint density at radius 3 is 1.92 bits per heavy atom. The molecule has 0 fully saturated rings. The topological polar surface area (TPSA) is 32.3 Å². The molecule has 80 valence electrons. The van der Waals surface area contributed by atoms with E-state index in [4.69, 9.17) is 0 Å².